The lowest BCUT2D eigenvalue weighted by Crippen LogP contribution is -2.14. The van der Waals surface area contributed by atoms with Gasteiger partial charge in [-0.1, -0.05) is 0 Å². The number of thiazole rings is 1. The van der Waals surface area contributed by atoms with Gasteiger partial charge in [-0.05, 0) is 50.2 Å². The molecule has 0 radical (unpaired) electrons. The van der Waals surface area contributed by atoms with Crippen LogP contribution in [0.2, 0.25) is 0 Å². The fourth-order valence-corrected chi connectivity index (χ4v) is 3.27. The summed E-state index contributed by atoms with van der Waals surface area (Å²) in [5, 5.41) is 25.7. The van der Waals surface area contributed by atoms with E-state index in [-0.39, 0.29) is 23.4 Å². The Bertz CT molecular complexity index is 1000. The minimum Gasteiger partial charge on any atom is -0.508 e. The average molecular weight is 371 g/mol. The Morgan fingerprint density at radius 2 is 1.85 bits per heavy atom. The van der Waals surface area contributed by atoms with Crippen molar-refractivity contribution < 1.29 is 14.6 Å². The number of phenols is 2. The molecule has 0 atom stereocenters. The highest BCUT2D eigenvalue weighted by atomic mass is 32.1. The lowest BCUT2D eigenvalue weighted by Gasteiger charge is -2.05. The highest BCUT2D eigenvalue weighted by Gasteiger charge is 2.08. The Morgan fingerprint density at radius 3 is 2.50 bits per heavy atom. The van der Waals surface area contributed by atoms with E-state index in [1.807, 2.05) is 19.2 Å². The fraction of sp³-hybridized carbons (Fsp3) is 0.158. The minimum atomic E-state index is -0.305. The van der Waals surface area contributed by atoms with E-state index in [9.17, 15) is 14.6 Å². The zero-order chi connectivity index (χ0) is 18.7. The fourth-order valence-electron chi connectivity index (χ4n) is 2.30. The molecule has 0 spiro atoms. The van der Waals surface area contributed by atoms with Gasteiger partial charge in [0.1, 0.15) is 17.3 Å². The van der Waals surface area contributed by atoms with Crippen LogP contribution in [-0.4, -0.2) is 27.1 Å². The van der Waals surface area contributed by atoms with Gasteiger partial charge in [-0.15, -0.1) is 11.3 Å². The highest BCUT2D eigenvalue weighted by Crippen LogP contribution is 2.23. The van der Waals surface area contributed by atoms with Crippen molar-refractivity contribution in [3.05, 3.63) is 64.0 Å². The number of aromatic hydroxyl groups is 2. The highest BCUT2D eigenvalue weighted by molar-refractivity contribution is 7.07. The second-order valence-electron chi connectivity index (χ2n) is 5.93. The molecule has 3 rings (SSSR count). The van der Waals surface area contributed by atoms with Crippen molar-refractivity contribution in [2.45, 2.75) is 19.9 Å². The average Bonchev–Trinajstić information content (AvgIpc) is 2.97. The lowest BCUT2D eigenvalue weighted by molar-refractivity contribution is 0.450. The van der Waals surface area contributed by atoms with Gasteiger partial charge >= 0.3 is 0 Å². The molecule has 1 aromatic heterocycles. The molecule has 1 heterocycles. The second-order valence-corrected chi connectivity index (χ2v) is 6.77. The summed E-state index contributed by atoms with van der Waals surface area (Å²) in [7, 11) is 0. The molecule has 0 aliphatic rings. The molecule has 0 bridgehead atoms. The maximum absolute atomic E-state index is 13.2. The first-order valence-corrected chi connectivity index (χ1v) is 8.88. The Kier molecular flexibility index (Phi) is 5.18. The van der Waals surface area contributed by atoms with Crippen LogP contribution in [0.1, 0.15) is 19.4 Å². The van der Waals surface area contributed by atoms with Gasteiger partial charge in [-0.3, -0.25) is 4.99 Å². The third-order valence-corrected chi connectivity index (χ3v) is 4.35. The van der Waals surface area contributed by atoms with Gasteiger partial charge in [-0.25, -0.2) is 9.07 Å². The van der Waals surface area contributed by atoms with E-state index in [1.54, 1.807) is 22.9 Å². The van der Waals surface area contributed by atoms with E-state index >= 15 is 0 Å². The predicted octanol–water partition coefficient (Wildman–Crippen LogP) is 3.96. The molecule has 0 aliphatic carbocycles. The number of hydrogen-bond donors (Lipinski definition) is 2. The summed E-state index contributed by atoms with van der Waals surface area (Å²) in [6.07, 6.45) is 1.49. The van der Waals surface area contributed by atoms with E-state index in [4.69, 9.17) is 0 Å². The molecule has 0 aliphatic heterocycles. The molecule has 134 valence electrons. The summed E-state index contributed by atoms with van der Waals surface area (Å²) in [5.41, 5.74) is 2.03. The predicted molar refractivity (Wildman–Crippen MR) is 101 cm³/mol. The topological polar surface area (TPSA) is 70.1 Å². The van der Waals surface area contributed by atoms with Crippen LogP contribution in [-0.2, 0) is 0 Å². The number of hydrogen-bond acceptors (Lipinski definition) is 5. The number of aromatic nitrogens is 1. The third-order valence-electron chi connectivity index (χ3n) is 3.52. The molecule has 5 nitrogen and oxygen atoms in total. The van der Waals surface area contributed by atoms with Crippen LogP contribution < -0.4 is 4.80 Å². The summed E-state index contributed by atoms with van der Waals surface area (Å²) in [5.74, 6) is -0.402. The quantitative estimate of drug-likeness (QED) is 0.682. The summed E-state index contributed by atoms with van der Waals surface area (Å²) >= 11 is 1.43. The van der Waals surface area contributed by atoms with Crippen LogP contribution in [0.15, 0.2) is 57.9 Å². The molecule has 26 heavy (non-hydrogen) atoms. The van der Waals surface area contributed by atoms with Gasteiger partial charge in [-0.2, -0.15) is 5.10 Å². The zero-order valence-corrected chi connectivity index (χ0v) is 15.1. The van der Waals surface area contributed by atoms with Crippen LogP contribution >= 0.6 is 11.3 Å². The number of phenolic OH excluding ortho intramolecular Hbond substituents is 2. The number of halogens is 1. The lowest BCUT2D eigenvalue weighted by atomic mass is 10.2. The summed E-state index contributed by atoms with van der Waals surface area (Å²) in [6.45, 7) is 3.94. The molecular formula is C19H18FN3O2S. The van der Waals surface area contributed by atoms with E-state index in [0.29, 0.717) is 10.4 Å². The van der Waals surface area contributed by atoms with Crippen molar-refractivity contribution in [1.29, 1.82) is 0 Å². The molecule has 2 aromatic carbocycles. The Hall–Kier alpha value is -2.93. The normalized spacial score (nSPS) is 12.4. The molecule has 0 fully saturated rings. The van der Waals surface area contributed by atoms with Crippen LogP contribution in [0.5, 0.6) is 11.5 Å². The van der Waals surface area contributed by atoms with Crippen LogP contribution in [0.25, 0.3) is 11.3 Å². The van der Waals surface area contributed by atoms with Gasteiger partial charge in [0.05, 0.1) is 11.9 Å². The van der Waals surface area contributed by atoms with Crippen molar-refractivity contribution in [2.75, 3.05) is 0 Å². The smallest absolute Gasteiger partial charge is 0.206 e. The second kappa shape index (κ2) is 7.53. The SMILES string of the molecule is CC(C)N=c1scc(-c2ccc(F)cc2)n1/N=C/c1ccc(O)cc1O. The van der Waals surface area contributed by atoms with Gasteiger partial charge < -0.3 is 10.2 Å². The maximum Gasteiger partial charge on any atom is 0.206 e. The van der Waals surface area contributed by atoms with Gasteiger partial charge in [0.15, 0.2) is 0 Å². The van der Waals surface area contributed by atoms with Crippen LogP contribution in [0, 0.1) is 5.82 Å². The first kappa shape index (κ1) is 17.9. The van der Waals surface area contributed by atoms with Gasteiger partial charge in [0, 0.05) is 28.6 Å². The van der Waals surface area contributed by atoms with E-state index in [0.717, 1.165) is 11.3 Å². The van der Waals surface area contributed by atoms with Crippen LogP contribution in [0.4, 0.5) is 4.39 Å². The number of rotatable bonds is 4. The van der Waals surface area contributed by atoms with Gasteiger partial charge in [0.2, 0.25) is 4.80 Å². The minimum absolute atomic E-state index is 0.0228. The van der Waals surface area contributed by atoms with Crippen molar-refractivity contribution in [3.63, 3.8) is 0 Å². The molecule has 0 saturated carbocycles. The molecule has 2 N–H and O–H groups in total. The standard InChI is InChI=1S/C19H18FN3O2S/c1-12(2)22-19-23(21-10-14-5-8-16(24)9-18(14)25)17(11-26-19)13-3-6-15(20)7-4-13/h3-12,24-25H,1-2H3/b21-10+,22-19?. The van der Waals surface area contributed by atoms with Crippen LogP contribution in [0.3, 0.4) is 0 Å². The van der Waals surface area contributed by atoms with Crippen molar-refractivity contribution in [2.24, 2.45) is 10.1 Å². The molecule has 0 amide bonds. The van der Waals surface area contributed by atoms with Crippen molar-refractivity contribution in [3.8, 4) is 22.8 Å². The summed E-state index contributed by atoms with van der Waals surface area (Å²) in [4.78, 5) is 5.25. The third kappa shape index (κ3) is 4.00. The van der Waals surface area contributed by atoms with Gasteiger partial charge in [0.25, 0.3) is 0 Å². The molecule has 7 heteroatoms. The van der Waals surface area contributed by atoms with Crippen molar-refractivity contribution in [1.82, 2.24) is 4.68 Å². The summed E-state index contributed by atoms with van der Waals surface area (Å²) in [6, 6.07) is 10.5. The first-order chi connectivity index (χ1) is 12.4. The zero-order valence-electron chi connectivity index (χ0n) is 14.3. The largest absolute Gasteiger partial charge is 0.508 e. The molecule has 0 unspecified atom stereocenters. The van der Waals surface area contributed by atoms with Crippen molar-refractivity contribution >= 4 is 17.6 Å². The monoisotopic (exact) mass is 371 g/mol. The number of nitrogens with zero attached hydrogens (tertiary/aromatic N) is 3. The van der Waals surface area contributed by atoms with E-state index in [1.165, 1.54) is 41.8 Å². The summed E-state index contributed by atoms with van der Waals surface area (Å²) < 4.78 is 14.9. The molecule has 0 saturated heterocycles. The molecular weight excluding hydrogens is 353 g/mol. The number of benzene rings is 2. The maximum atomic E-state index is 13.2. The molecule has 3 aromatic rings. The van der Waals surface area contributed by atoms with E-state index in [2.05, 4.69) is 10.1 Å². The first-order valence-electron chi connectivity index (χ1n) is 8.00. The Labute approximate surface area is 154 Å². The van der Waals surface area contributed by atoms with E-state index < -0.39 is 0 Å². The Morgan fingerprint density at radius 1 is 1.12 bits per heavy atom. The Balaban J connectivity index is 2.10.